The third-order valence-corrected chi connectivity index (χ3v) is 3.61. The summed E-state index contributed by atoms with van der Waals surface area (Å²) in [4.78, 5) is 9.98. The minimum atomic E-state index is -0.685. The first-order chi connectivity index (χ1) is 8.47. The van der Waals surface area contributed by atoms with Gasteiger partial charge in [-0.15, -0.1) is 21.8 Å². The zero-order valence-electron chi connectivity index (χ0n) is 9.13. The lowest BCUT2D eigenvalue weighted by Crippen LogP contribution is -1.90. The van der Waals surface area contributed by atoms with Crippen LogP contribution in [0.15, 0.2) is 18.2 Å². The van der Waals surface area contributed by atoms with Gasteiger partial charge in [0.25, 0.3) is 5.69 Å². The lowest BCUT2D eigenvalue weighted by molar-refractivity contribution is -0.385. The van der Waals surface area contributed by atoms with Gasteiger partial charge in [0.15, 0.2) is 0 Å². The van der Waals surface area contributed by atoms with Crippen molar-refractivity contribution in [3.63, 3.8) is 0 Å². The van der Waals surface area contributed by atoms with E-state index in [0.717, 1.165) is 6.07 Å². The van der Waals surface area contributed by atoms with Crippen LogP contribution in [0.1, 0.15) is 17.3 Å². The van der Waals surface area contributed by atoms with Crippen molar-refractivity contribution in [1.82, 2.24) is 10.2 Å². The summed E-state index contributed by atoms with van der Waals surface area (Å²) >= 11 is 7.02. The highest BCUT2D eigenvalue weighted by Crippen LogP contribution is 2.31. The summed E-state index contributed by atoms with van der Waals surface area (Å²) in [5.41, 5.74) is 0.00318. The maximum atomic E-state index is 13.3. The molecule has 2 rings (SSSR count). The summed E-state index contributed by atoms with van der Waals surface area (Å²) in [6.07, 6.45) is 0. The lowest BCUT2D eigenvalue weighted by atomic mass is 10.2. The minimum absolute atomic E-state index is 0.306. The molecule has 0 aliphatic rings. The molecule has 1 aromatic heterocycles. The van der Waals surface area contributed by atoms with Crippen LogP contribution in [0.2, 0.25) is 0 Å². The van der Waals surface area contributed by atoms with Gasteiger partial charge in [0.05, 0.1) is 16.4 Å². The second-order valence-electron chi connectivity index (χ2n) is 3.52. The van der Waals surface area contributed by atoms with Gasteiger partial charge in [-0.3, -0.25) is 10.1 Å². The average molecular weight is 288 g/mol. The van der Waals surface area contributed by atoms with Crippen molar-refractivity contribution in [2.24, 2.45) is 0 Å². The average Bonchev–Trinajstić information content (AvgIpc) is 2.77. The van der Waals surface area contributed by atoms with E-state index in [0.29, 0.717) is 15.6 Å². The molecule has 0 fully saturated rings. The molecule has 5 nitrogen and oxygen atoms in total. The maximum absolute atomic E-state index is 13.3. The molecule has 0 N–H and O–H groups in total. The lowest BCUT2D eigenvalue weighted by Gasteiger charge is -1.97. The van der Waals surface area contributed by atoms with Crippen molar-refractivity contribution >= 4 is 28.6 Å². The predicted octanol–water partition coefficient (Wildman–Crippen LogP) is 3.55. The van der Waals surface area contributed by atoms with Crippen LogP contribution in [0.25, 0.3) is 10.6 Å². The van der Waals surface area contributed by atoms with Crippen LogP contribution >= 0.6 is 22.9 Å². The summed E-state index contributed by atoms with van der Waals surface area (Å²) in [5.74, 6) is -0.685. The molecule has 0 aliphatic heterocycles. The van der Waals surface area contributed by atoms with E-state index in [1.165, 1.54) is 23.5 Å². The fourth-order valence-corrected chi connectivity index (χ4v) is 2.25. The van der Waals surface area contributed by atoms with Gasteiger partial charge in [-0.25, -0.2) is 4.39 Å². The summed E-state index contributed by atoms with van der Waals surface area (Å²) in [6.45, 7) is 1.74. The number of nitrogens with zero attached hydrogens (tertiary/aromatic N) is 3. The molecule has 0 saturated carbocycles. The van der Waals surface area contributed by atoms with E-state index in [-0.39, 0.29) is 11.1 Å². The summed E-state index contributed by atoms with van der Waals surface area (Å²) in [5, 5.41) is 19.0. The Hall–Kier alpha value is -1.60. The van der Waals surface area contributed by atoms with E-state index < -0.39 is 10.7 Å². The number of aromatic nitrogens is 2. The van der Waals surface area contributed by atoms with Crippen LogP contribution in [0.5, 0.6) is 0 Å². The second kappa shape index (κ2) is 4.95. The minimum Gasteiger partial charge on any atom is -0.258 e. The van der Waals surface area contributed by atoms with E-state index in [1.54, 1.807) is 6.92 Å². The Morgan fingerprint density at radius 1 is 1.44 bits per heavy atom. The van der Waals surface area contributed by atoms with Crippen molar-refractivity contribution in [1.29, 1.82) is 0 Å². The van der Waals surface area contributed by atoms with Crippen molar-refractivity contribution < 1.29 is 9.31 Å². The maximum Gasteiger partial charge on any atom is 0.273 e. The van der Waals surface area contributed by atoms with E-state index >= 15 is 0 Å². The van der Waals surface area contributed by atoms with Gasteiger partial charge in [0.2, 0.25) is 0 Å². The van der Waals surface area contributed by atoms with E-state index in [2.05, 4.69) is 10.2 Å². The highest BCUT2D eigenvalue weighted by molar-refractivity contribution is 7.15. The third-order valence-electron chi connectivity index (χ3n) is 2.12. The standard InChI is InChI=1S/C10H7ClFN3O2S/c1-5(11)9-13-14-10(18-9)6-2-7(12)4-8(3-6)15(16)17/h2-5H,1H3. The summed E-state index contributed by atoms with van der Waals surface area (Å²) in [6, 6.07) is 3.29. The summed E-state index contributed by atoms with van der Waals surface area (Å²) < 4.78 is 13.3. The number of rotatable bonds is 3. The first-order valence-electron chi connectivity index (χ1n) is 4.90. The number of alkyl halides is 1. The van der Waals surface area contributed by atoms with Crippen molar-refractivity contribution in [3.8, 4) is 10.6 Å². The van der Waals surface area contributed by atoms with E-state index in [9.17, 15) is 14.5 Å². The van der Waals surface area contributed by atoms with Gasteiger partial charge in [0.1, 0.15) is 15.8 Å². The molecule has 1 unspecified atom stereocenters. The topological polar surface area (TPSA) is 68.9 Å². The fraction of sp³-hybridized carbons (Fsp3) is 0.200. The first-order valence-corrected chi connectivity index (χ1v) is 6.15. The van der Waals surface area contributed by atoms with Gasteiger partial charge in [-0.05, 0) is 13.0 Å². The Labute approximate surface area is 110 Å². The third kappa shape index (κ3) is 2.62. The molecule has 0 saturated heterocycles. The van der Waals surface area contributed by atoms with Gasteiger partial charge in [-0.2, -0.15) is 0 Å². The zero-order valence-corrected chi connectivity index (χ0v) is 10.7. The number of hydrogen-bond donors (Lipinski definition) is 0. The highest BCUT2D eigenvalue weighted by atomic mass is 35.5. The molecule has 0 amide bonds. The molecule has 0 aliphatic carbocycles. The Balaban J connectivity index is 2.46. The van der Waals surface area contributed by atoms with Gasteiger partial charge < -0.3 is 0 Å². The van der Waals surface area contributed by atoms with Crippen LogP contribution < -0.4 is 0 Å². The molecule has 0 radical (unpaired) electrons. The zero-order chi connectivity index (χ0) is 13.3. The van der Waals surface area contributed by atoms with Gasteiger partial charge in [-0.1, -0.05) is 11.3 Å². The van der Waals surface area contributed by atoms with Crippen LogP contribution in [0, 0.1) is 15.9 Å². The number of halogens is 2. The number of benzene rings is 1. The molecule has 0 bridgehead atoms. The molecular formula is C10H7ClFN3O2S. The van der Waals surface area contributed by atoms with E-state index in [1.807, 2.05) is 0 Å². The number of hydrogen-bond acceptors (Lipinski definition) is 5. The molecule has 94 valence electrons. The second-order valence-corrected chi connectivity index (χ2v) is 5.18. The summed E-state index contributed by atoms with van der Waals surface area (Å²) in [7, 11) is 0. The normalized spacial score (nSPS) is 12.4. The van der Waals surface area contributed by atoms with Crippen LogP contribution in [0.4, 0.5) is 10.1 Å². The Bertz CT molecular complexity index is 603. The first kappa shape index (κ1) is 12.8. The molecule has 8 heteroatoms. The number of nitro benzene ring substituents is 1. The SMILES string of the molecule is CC(Cl)c1nnc(-c2cc(F)cc([N+](=O)[O-])c2)s1. The van der Waals surface area contributed by atoms with Crippen molar-refractivity contribution in [2.75, 3.05) is 0 Å². The van der Waals surface area contributed by atoms with Crippen LogP contribution in [0.3, 0.4) is 0 Å². The van der Waals surface area contributed by atoms with E-state index in [4.69, 9.17) is 11.6 Å². The molecule has 0 spiro atoms. The molecule has 2 aromatic rings. The highest BCUT2D eigenvalue weighted by Gasteiger charge is 2.15. The largest absolute Gasteiger partial charge is 0.273 e. The van der Waals surface area contributed by atoms with Gasteiger partial charge in [0, 0.05) is 11.6 Å². The molecular weight excluding hydrogens is 281 g/mol. The molecule has 1 heterocycles. The Morgan fingerprint density at radius 3 is 2.72 bits per heavy atom. The number of nitro groups is 1. The Morgan fingerprint density at radius 2 is 2.17 bits per heavy atom. The van der Waals surface area contributed by atoms with Gasteiger partial charge >= 0.3 is 0 Å². The monoisotopic (exact) mass is 287 g/mol. The fourth-order valence-electron chi connectivity index (χ4n) is 1.32. The van der Waals surface area contributed by atoms with Crippen molar-refractivity contribution in [3.05, 3.63) is 39.1 Å². The molecule has 1 aromatic carbocycles. The smallest absolute Gasteiger partial charge is 0.258 e. The number of non-ortho nitro benzene ring substituents is 1. The quantitative estimate of drug-likeness (QED) is 0.492. The molecule has 18 heavy (non-hydrogen) atoms. The van der Waals surface area contributed by atoms with Crippen molar-refractivity contribution in [2.45, 2.75) is 12.3 Å². The Kier molecular flexibility index (Phi) is 3.53. The van der Waals surface area contributed by atoms with Crippen LogP contribution in [-0.4, -0.2) is 15.1 Å². The predicted molar refractivity (Wildman–Crippen MR) is 66.2 cm³/mol. The van der Waals surface area contributed by atoms with Crippen LogP contribution in [-0.2, 0) is 0 Å². The molecule has 1 atom stereocenters.